The fourth-order valence-corrected chi connectivity index (χ4v) is 10.8. The zero-order chi connectivity index (χ0) is 16.9. The second-order valence-corrected chi connectivity index (χ2v) is 15.0. The number of hydrogen-bond donors (Lipinski definition) is 0. The Morgan fingerprint density at radius 1 is 0.667 bits per heavy atom. The number of hydrogen-bond acceptors (Lipinski definition) is 0. The molecule has 3 aromatic rings. The van der Waals surface area contributed by atoms with E-state index in [0.717, 1.165) is 12.6 Å². The molecular weight excluding hydrogens is 375 g/mol. The third-order valence-electron chi connectivity index (χ3n) is 4.64. The van der Waals surface area contributed by atoms with Crippen LogP contribution in [0.2, 0.25) is 0 Å². The van der Waals surface area contributed by atoms with Crippen molar-refractivity contribution in [3.05, 3.63) is 104 Å². The summed E-state index contributed by atoms with van der Waals surface area (Å²) in [6.45, 7) is 3.98. The summed E-state index contributed by atoms with van der Waals surface area (Å²) in [5.41, 5.74) is 0. The molecule has 0 N–H and O–H groups in total. The van der Waals surface area contributed by atoms with Gasteiger partial charge in [0.15, 0.2) is 0 Å². The van der Waals surface area contributed by atoms with Crippen LogP contribution in [-0.4, -0.2) is 6.16 Å². The standard InChI is InChI=1S/C22H22BrP/c1-2-3-19-24(23,20-13-7-4-8-14-20,21-15-9-5-10-16-21)22-17-11-6-12-18-22/h2,4-18H,1,3,19H2. The van der Waals surface area contributed by atoms with Gasteiger partial charge in [-0.15, -0.1) is 0 Å². The van der Waals surface area contributed by atoms with Gasteiger partial charge in [-0.3, -0.25) is 0 Å². The van der Waals surface area contributed by atoms with Crippen molar-refractivity contribution in [2.45, 2.75) is 6.42 Å². The van der Waals surface area contributed by atoms with Crippen molar-refractivity contribution in [2.24, 2.45) is 0 Å². The molecule has 0 aliphatic rings. The summed E-state index contributed by atoms with van der Waals surface area (Å²) >= 11 is 4.40. The van der Waals surface area contributed by atoms with Crippen molar-refractivity contribution >= 4 is 36.7 Å². The molecule has 3 rings (SSSR count). The summed E-state index contributed by atoms with van der Waals surface area (Å²) in [5, 5.41) is 1.38. The number of allylic oxidation sites excluding steroid dienone is 1. The van der Waals surface area contributed by atoms with Gasteiger partial charge in [0.1, 0.15) is 0 Å². The van der Waals surface area contributed by atoms with Crippen LogP contribution in [0, 0.1) is 0 Å². The molecule has 0 saturated heterocycles. The van der Waals surface area contributed by atoms with Crippen molar-refractivity contribution in [3.8, 4) is 0 Å². The molecule has 122 valence electrons. The van der Waals surface area contributed by atoms with E-state index in [1.165, 1.54) is 15.9 Å². The van der Waals surface area contributed by atoms with Crippen molar-refractivity contribution in [1.82, 2.24) is 0 Å². The molecule has 0 aliphatic carbocycles. The van der Waals surface area contributed by atoms with E-state index in [2.05, 4.69) is 113 Å². The Bertz CT molecular complexity index is 698. The average molecular weight is 397 g/mol. The zero-order valence-corrected chi connectivity index (χ0v) is 16.2. The summed E-state index contributed by atoms with van der Waals surface area (Å²) in [6.07, 6.45) is 4.01. The quantitative estimate of drug-likeness (QED) is 0.386. The van der Waals surface area contributed by atoms with E-state index in [1.54, 1.807) is 0 Å². The van der Waals surface area contributed by atoms with E-state index < -0.39 is 5.31 Å². The van der Waals surface area contributed by atoms with E-state index in [4.69, 9.17) is 0 Å². The van der Waals surface area contributed by atoms with Crippen LogP contribution < -0.4 is 15.9 Å². The molecule has 0 fully saturated rings. The van der Waals surface area contributed by atoms with Crippen LogP contribution >= 0.6 is 20.8 Å². The SMILES string of the molecule is C=CCCP(Br)(c1ccccc1)(c1ccccc1)c1ccccc1. The normalized spacial score (nSPS) is 13.0. The van der Waals surface area contributed by atoms with Gasteiger partial charge in [-0.05, 0) is 0 Å². The van der Waals surface area contributed by atoms with Crippen LogP contribution in [0.5, 0.6) is 0 Å². The topological polar surface area (TPSA) is 0 Å². The Morgan fingerprint density at radius 2 is 1.00 bits per heavy atom. The summed E-state index contributed by atoms with van der Waals surface area (Å²) < 4.78 is 0. The maximum absolute atomic E-state index is 4.40. The molecule has 0 heterocycles. The molecule has 3 aromatic carbocycles. The third-order valence-corrected chi connectivity index (χ3v) is 14.6. The van der Waals surface area contributed by atoms with Crippen LogP contribution in [-0.2, 0) is 0 Å². The Balaban J connectivity index is 2.40. The molecule has 0 aliphatic heterocycles. The first-order valence-electron chi connectivity index (χ1n) is 8.20. The van der Waals surface area contributed by atoms with E-state index >= 15 is 0 Å². The van der Waals surface area contributed by atoms with E-state index in [0.29, 0.717) is 0 Å². The van der Waals surface area contributed by atoms with Crippen molar-refractivity contribution in [1.29, 1.82) is 0 Å². The zero-order valence-electron chi connectivity index (χ0n) is 13.7. The van der Waals surface area contributed by atoms with Gasteiger partial charge in [0.2, 0.25) is 0 Å². The Labute approximate surface area is 152 Å². The summed E-state index contributed by atoms with van der Waals surface area (Å²) in [7, 11) is 0. The van der Waals surface area contributed by atoms with Gasteiger partial charge < -0.3 is 0 Å². The van der Waals surface area contributed by atoms with Gasteiger partial charge in [-0.2, -0.15) is 0 Å². The summed E-state index contributed by atoms with van der Waals surface area (Å²) in [5.74, 6) is 0. The van der Waals surface area contributed by atoms with Gasteiger partial charge in [0, 0.05) is 0 Å². The number of halogens is 1. The van der Waals surface area contributed by atoms with Crippen molar-refractivity contribution in [2.75, 3.05) is 6.16 Å². The molecular formula is C22H22BrP. The summed E-state index contributed by atoms with van der Waals surface area (Å²) in [6, 6.07) is 32.6. The second kappa shape index (κ2) is 7.05. The van der Waals surface area contributed by atoms with Gasteiger partial charge >= 0.3 is 153 Å². The first kappa shape index (κ1) is 17.1. The molecule has 0 saturated carbocycles. The van der Waals surface area contributed by atoms with Crippen molar-refractivity contribution in [3.63, 3.8) is 0 Å². The molecule has 0 unspecified atom stereocenters. The minimum atomic E-state index is -2.71. The molecule has 0 bridgehead atoms. The number of rotatable bonds is 6. The first-order valence-corrected chi connectivity index (χ1v) is 12.6. The average Bonchev–Trinajstić information content (AvgIpc) is 2.68. The fraction of sp³-hybridized carbons (Fsp3) is 0.0909. The van der Waals surface area contributed by atoms with Crippen LogP contribution in [0.3, 0.4) is 0 Å². The van der Waals surface area contributed by atoms with Crippen LogP contribution in [0.1, 0.15) is 6.42 Å². The molecule has 0 amide bonds. The van der Waals surface area contributed by atoms with Crippen LogP contribution in [0.4, 0.5) is 0 Å². The van der Waals surface area contributed by atoms with Gasteiger partial charge in [0.25, 0.3) is 0 Å². The number of benzene rings is 3. The fourth-order valence-electron chi connectivity index (χ4n) is 3.38. The molecule has 0 radical (unpaired) electrons. The van der Waals surface area contributed by atoms with Crippen LogP contribution in [0.25, 0.3) is 0 Å². The van der Waals surface area contributed by atoms with Crippen molar-refractivity contribution < 1.29 is 0 Å². The first-order chi connectivity index (χ1) is 11.7. The monoisotopic (exact) mass is 396 g/mol. The van der Waals surface area contributed by atoms with Gasteiger partial charge in [-0.25, -0.2) is 0 Å². The predicted molar refractivity (Wildman–Crippen MR) is 114 cm³/mol. The predicted octanol–water partition coefficient (Wildman–Crippen LogP) is 5.40. The van der Waals surface area contributed by atoms with E-state index in [9.17, 15) is 0 Å². The van der Waals surface area contributed by atoms with E-state index in [-0.39, 0.29) is 0 Å². The maximum atomic E-state index is 4.40. The molecule has 2 heteroatoms. The molecule has 0 spiro atoms. The molecule has 0 aromatic heterocycles. The molecule has 24 heavy (non-hydrogen) atoms. The Morgan fingerprint density at radius 3 is 1.29 bits per heavy atom. The van der Waals surface area contributed by atoms with Gasteiger partial charge in [-0.1, -0.05) is 0 Å². The third kappa shape index (κ3) is 2.77. The Hall–Kier alpha value is -1.69. The summed E-state index contributed by atoms with van der Waals surface area (Å²) in [4.78, 5) is 0. The van der Waals surface area contributed by atoms with Gasteiger partial charge in [0.05, 0.1) is 0 Å². The second-order valence-electron chi connectivity index (χ2n) is 5.99. The van der Waals surface area contributed by atoms with Crippen LogP contribution in [0.15, 0.2) is 104 Å². The Kier molecular flexibility index (Phi) is 5.04. The molecule has 0 nitrogen and oxygen atoms in total. The molecule has 0 atom stereocenters. The minimum absolute atomic E-state index is 0.960. The van der Waals surface area contributed by atoms with E-state index in [1.807, 2.05) is 6.08 Å².